The van der Waals surface area contributed by atoms with Crippen molar-refractivity contribution in [1.82, 2.24) is 0 Å². The zero-order valence-corrected chi connectivity index (χ0v) is 8.55. The van der Waals surface area contributed by atoms with E-state index in [1.165, 1.54) is 19.1 Å². The maximum atomic E-state index is 13.0. The molecule has 64 valence electrons. The van der Waals surface area contributed by atoms with E-state index in [0.29, 0.717) is 9.26 Å². The van der Waals surface area contributed by atoms with E-state index in [1.807, 2.05) is 22.6 Å². The number of hydrogen-bond donors (Lipinski definition) is 1. The summed E-state index contributed by atoms with van der Waals surface area (Å²) < 4.78 is 13.7. The van der Waals surface area contributed by atoms with Gasteiger partial charge in [0.2, 0.25) is 0 Å². The lowest BCUT2D eigenvalue weighted by Crippen LogP contribution is -2.00. The highest BCUT2D eigenvalue weighted by Crippen LogP contribution is 2.19. The molecule has 0 amide bonds. The first kappa shape index (κ1) is 9.44. The molecule has 4 heteroatoms. The summed E-state index contributed by atoms with van der Waals surface area (Å²) in [6.45, 7) is 1.32. The van der Waals surface area contributed by atoms with Gasteiger partial charge >= 0.3 is 0 Å². The number of carbonyl (C=O) groups excluding carboxylic acids is 1. The molecule has 0 aliphatic heterocycles. The van der Waals surface area contributed by atoms with Gasteiger partial charge in [-0.2, -0.15) is 0 Å². The molecule has 0 spiro atoms. The van der Waals surface area contributed by atoms with Gasteiger partial charge < -0.3 is 5.73 Å². The number of hydrogen-bond acceptors (Lipinski definition) is 2. The van der Waals surface area contributed by atoms with E-state index < -0.39 is 5.82 Å². The summed E-state index contributed by atoms with van der Waals surface area (Å²) in [6.07, 6.45) is 0. The van der Waals surface area contributed by atoms with Crippen LogP contribution in [0.2, 0.25) is 0 Å². The Hall–Kier alpha value is -0.650. The third-order valence-corrected chi connectivity index (χ3v) is 2.40. The highest BCUT2D eigenvalue weighted by molar-refractivity contribution is 14.1. The van der Waals surface area contributed by atoms with Crippen LogP contribution in [0.1, 0.15) is 17.3 Å². The van der Waals surface area contributed by atoms with Crippen molar-refractivity contribution >= 4 is 34.1 Å². The standard InChI is InChI=1S/C8H7FINO/c1-4(12)5-2-7(10)8(11)3-6(5)9/h2-3H,11H2,1H3. The summed E-state index contributed by atoms with van der Waals surface area (Å²) in [5.74, 6) is -0.842. The molecule has 0 aliphatic carbocycles. The Kier molecular flexibility index (Phi) is 2.66. The first-order valence-electron chi connectivity index (χ1n) is 3.28. The molecular weight excluding hydrogens is 272 g/mol. The second-order valence-electron chi connectivity index (χ2n) is 2.41. The topological polar surface area (TPSA) is 43.1 Å². The minimum atomic E-state index is -0.555. The minimum absolute atomic E-state index is 0.0913. The van der Waals surface area contributed by atoms with Crippen molar-refractivity contribution in [2.24, 2.45) is 0 Å². The third kappa shape index (κ3) is 1.74. The molecule has 0 aromatic heterocycles. The second-order valence-corrected chi connectivity index (χ2v) is 3.57. The molecule has 1 aromatic carbocycles. The van der Waals surface area contributed by atoms with Crippen molar-refractivity contribution in [3.05, 3.63) is 27.1 Å². The van der Waals surface area contributed by atoms with Crippen molar-refractivity contribution in [3.63, 3.8) is 0 Å². The van der Waals surface area contributed by atoms with Crippen molar-refractivity contribution in [2.45, 2.75) is 6.92 Å². The molecule has 0 atom stereocenters. The Morgan fingerprint density at radius 2 is 2.17 bits per heavy atom. The van der Waals surface area contributed by atoms with Gasteiger partial charge in [-0.05, 0) is 41.6 Å². The van der Waals surface area contributed by atoms with Crippen LogP contribution in [0.5, 0.6) is 0 Å². The van der Waals surface area contributed by atoms with Gasteiger partial charge in [0.25, 0.3) is 0 Å². The zero-order chi connectivity index (χ0) is 9.30. The van der Waals surface area contributed by atoms with E-state index in [4.69, 9.17) is 5.73 Å². The number of carbonyl (C=O) groups is 1. The van der Waals surface area contributed by atoms with Gasteiger partial charge in [0.15, 0.2) is 5.78 Å². The molecule has 0 saturated heterocycles. The Balaban J connectivity index is 3.33. The molecule has 0 aliphatic rings. The monoisotopic (exact) mass is 279 g/mol. The van der Waals surface area contributed by atoms with Crippen LogP contribution in [-0.4, -0.2) is 5.78 Å². The van der Waals surface area contributed by atoms with Crippen LogP contribution in [0.25, 0.3) is 0 Å². The third-order valence-electron chi connectivity index (χ3n) is 1.47. The smallest absolute Gasteiger partial charge is 0.162 e. The van der Waals surface area contributed by atoms with Crippen molar-refractivity contribution in [1.29, 1.82) is 0 Å². The van der Waals surface area contributed by atoms with Crippen molar-refractivity contribution < 1.29 is 9.18 Å². The van der Waals surface area contributed by atoms with Gasteiger partial charge in [0.1, 0.15) is 5.82 Å². The molecule has 2 N–H and O–H groups in total. The summed E-state index contributed by atoms with van der Waals surface area (Å²) in [7, 11) is 0. The number of anilines is 1. The molecule has 0 unspecified atom stereocenters. The molecule has 0 heterocycles. The number of nitrogen functional groups attached to an aromatic ring is 1. The average molecular weight is 279 g/mol. The maximum Gasteiger partial charge on any atom is 0.162 e. The van der Waals surface area contributed by atoms with Gasteiger partial charge in [0, 0.05) is 9.26 Å². The summed E-state index contributed by atoms with van der Waals surface area (Å²) in [5.41, 5.74) is 5.88. The molecule has 1 rings (SSSR count). The Morgan fingerprint density at radius 1 is 1.58 bits per heavy atom. The van der Waals surface area contributed by atoms with Gasteiger partial charge in [0.05, 0.1) is 5.56 Å². The predicted octanol–water partition coefficient (Wildman–Crippen LogP) is 2.22. The van der Waals surface area contributed by atoms with E-state index in [1.54, 1.807) is 0 Å². The van der Waals surface area contributed by atoms with E-state index in [9.17, 15) is 9.18 Å². The van der Waals surface area contributed by atoms with E-state index in [-0.39, 0.29) is 11.3 Å². The normalized spacial score (nSPS) is 9.92. The van der Waals surface area contributed by atoms with Gasteiger partial charge in [-0.1, -0.05) is 0 Å². The maximum absolute atomic E-state index is 13.0. The fourth-order valence-electron chi connectivity index (χ4n) is 0.832. The highest BCUT2D eigenvalue weighted by Gasteiger charge is 2.09. The molecular formula is C8H7FINO. The van der Waals surface area contributed by atoms with Crippen molar-refractivity contribution in [3.8, 4) is 0 Å². The molecule has 12 heavy (non-hydrogen) atoms. The fourth-order valence-corrected chi connectivity index (χ4v) is 1.30. The number of rotatable bonds is 1. The Morgan fingerprint density at radius 3 is 2.67 bits per heavy atom. The summed E-state index contributed by atoms with van der Waals surface area (Å²) in [6, 6.07) is 2.62. The first-order valence-corrected chi connectivity index (χ1v) is 4.35. The number of nitrogens with two attached hydrogens (primary N) is 1. The highest BCUT2D eigenvalue weighted by atomic mass is 127. The average Bonchev–Trinajstić information content (AvgIpc) is 1.96. The van der Waals surface area contributed by atoms with Gasteiger partial charge in [-0.3, -0.25) is 4.79 Å². The van der Waals surface area contributed by atoms with E-state index in [0.717, 1.165) is 0 Å². The number of halogens is 2. The van der Waals surface area contributed by atoms with Crippen LogP contribution in [0, 0.1) is 9.39 Å². The molecule has 0 saturated carbocycles. The number of Topliss-reactive ketones (excluding diaryl/α,β-unsaturated/α-hetero) is 1. The van der Waals surface area contributed by atoms with Crippen LogP contribution in [0.3, 0.4) is 0 Å². The largest absolute Gasteiger partial charge is 0.398 e. The first-order chi connectivity index (χ1) is 5.52. The van der Waals surface area contributed by atoms with Crippen LogP contribution >= 0.6 is 22.6 Å². The summed E-state index contributed by atoms with van der Waals surface area (Å²) in [5, 5.41) is 0. The van der Waals surface area contributed by atoms with Crippen LogP contribution in [0.15, 0.2) is 12.1 Å². The Labute approximate surface area is 83.1 Å². The minimum Gasteiger partial charge on any atom is -0.398 e. The zero-order valence-electron chi connectivity index (χ0n) is 6.40. The number of benzene rings is 1. The Bertz CT molecular complexity index is 338. The molecule has 0 radical (unpaired) electrons. The van der Waals surface area contributed by atoms with Crippen LogP contribution < -0.4 is 5.73 Å². The molecule has 0 bridgehead atoms. The lowest BCUT2D eigenvalue weighted by atomic mass is 10.1. The molecule has 2 nitrogen and oxygen atoms in total. The quantitative estimate of drug-likeness (QED) is 0.486. The van der Waals surface area contributed by atoms with Crippen LogP contribution in [-0.2, 0) is 0 Å². The van der Waals surface area contributed by atoms with E-state index in [2.05, 4.69) is 0 Å². The second kappa shape index (κ2) is 3.38. The predicted molar refractivity (Wildman–Crippen MR) is 53.5 cm³/mol. The molecule has 0 fully saturated rings. The fraction of sp³-hybridized carbons (Fsp3) is 0.125. The summed E-state index contributed by atoms with van der Waals surface area (Å²) in [4.78, 5) is 10.8. The SMILES string of the molecule is CC(=O)c1cc(I)c(N)cc1F. The summed E-state index contributed by atoms with van der Waals surface area (Å²) >= 11 is 1.96. The number of ketones is 1. The van der Waals surface area contributed by atoms with E-state index >= 15 is 0 Å². The van der Waals surface area contributed by atoms with Gasteiger partial charge in [-0.15, -0.1) is 0 Å². The van der Waals surface area contributed by atoms with Gasteiger partial charge in [-0.25, -0.2) is 4.39 Å². The lowest BCUT2D eigenvalue weighted by molar-refractivity contribution is 0.101. The van der Waals surface area contributed by atoms with Crippen LogP contribution in [0.4, 0.5) is 10.1 Å². The molecule has 1 aromatic rings. The lowest BCUT2D eigenvalue weighted by Gasteiger charge is -2.02. The van der Waals surface area contributed by atoms with Crippen molar-refractivity contribution in [2.75, 3.05) is 5.73 Å².